The van der Waals surface area contributed by atoms with Crippen LogP contribution >= 0.6 is 11.6 Å². The molecule has 0 aromatic rings. The molecular weight excluding hydrogens is 190 g/mol. The zero-order chi connectivity index (χ0) is 10.0. The predicted molar refractivity (Wildman–Crippen MR) is 51.5 cm³/mol. The van der Waals surface area contributed by atoms with Gasteiger partial charge in [0.05, 0.1) is 5.03 Å². The number of aliphatic carboxylic acids is 1. The van der Waals surface area contributed by atoms with Crippen LogP contribution in [-0.4, -0.2) is 17.1 Å². The molecule has 3 nitrogen and oxygen atoms in total. The Hall–Kier alpha value is -0.960. The van der Waals surface area contributed by atoms with Crippen molar-refractivity contribution >= 4 is 17.6 Å². The van der Waals surface area contributed by atoms with Gasteiger partial charge in [-0.05, 0) is 18.9 Å². The van der Waals surface area contributed by atoms with Gasteiger partial charge in [0.25, 0.3) is 0 Å². The minimum Gasteiger partial charge on any atom is -0.477 e. The van der Waals surface area contributed by atoms with Gasteiger partial charge in [-0.15, -0.1) is 0 Å². The van der Waals surface area contributed by atoms with Gasteiger partial charge in [-0.2, -0.15) is 0 Å². The average Bonchev–Trinajstić information content (AvgIpc) is 2.09. The summed E-state index contributed by atoms with van der Waals surface area (Å²) in [5, 5.41) is 12.0. The fraction of sp³-hybridized carbons (Fsp3) is 0.444. The smallest absolute Gasteiger partial charge is 0.353 e. The fourth-order valence-electron chi connectivity index (χ4n) is 1.24. The van der Waals surface area contributed by atoms with Crippen molar-refractivity contribution in [2.75, 3.05) is 0 Å². The molecule has 13 heavy (non-hydrogen) atoms. The molecule has 1 aliphatic heterocycles. The standard InChI is InChI=1S/C9H12ClNO2/c1-3-6-4-5(2)7(10)8(11-6)9(12)13/h4,6,11H,3H2,1-2H3,(H,12,13). The lowest BCUT2D eigenvalue weighted by molar-refractivity contribution is -0.133. The second kappa shape index (κ2) is 3.83. The molecule has 1 aliphatic rings. The summed E-state index contributed by atoms with van der Waals surface area (Å²) in [4.78, 5) is 10.7. The molecule has 0 aliphatic carbocycles. The van der Waals surface area contributed by atoms with Gasteiger partial charge in [-0.25, -0.2) is 4.79 Å². The molecule has 2 N–H and O–H groups in total. The molecule has 0 fully saturated rings. The van der Waals surface area contributed by atoms with Crippen LogP contribution in [0.4, 0.5) is 0 Å². The van der Waals surface area contributed by atoms with E-state index < -0.39 is 5.97 Å². The molecule has 1 unspecified atom stereocenters. The molecular formula is C9H12ClNO2. The molecule has 0 amide bonds. The molecule has 1 atom stereocenters. The molecule has 72 valence electrons. The maximum atomic E-state index is 10.7. The van der Waals surface area contributed by atoms with E-state index in [0.29, 0.717) is 5.03 Å². The lowest BCUT2D eigenvalue weighted by atomic mass is 10.1. The Morgan fingerprint density at radius 2 is 2.38 bits per heavy atom. The van der Waals surface area contributed by atoms with Crippen LogP contribution < -0.4 is 5.32 Å². The third kappa shape index (κ3) is 2.04. The van der Waals surface area contributed by atoms with Crippen LogP contribution in [0, 0.1) is 0 Å². The third-order valence-electron chi connectivity index (χ3n) is 2.00. The summed E-state index contributed by atoms with van der Waals surface area (Å²) in [5.41, 5.74) is 0.929. The topological polar surface area (TPSA) is 49.3 Å². The highest BCUT2D eigenvalue weighted by atomic mass is 35.5. The Kier molecular flexibility index (Phi) is 2.98. The first-order valence-electron chi connectivity index (χ1n) is 4.14. The number of nitrogens with one attached hydrogen (secondary N) is 1. The number of halogens is 1. The maximum Gasteiger partial charge on any atom is 0.353 e. The number of carboxylic acids is 1. The Morgan fingerprint density at radius 1 is 1.77 bits per heavy atom. The molecule has 0 radical (unpaired) electrons. The second-order valence-electron chi connectivity index (χ2n) is 3.00. The molecule has 4 heteroatoms. The Balaban J connectivity index is 2.99. The van der Waals surface area contributed by atoms with Crippen molar-refractivity contribution in [1.82, 2.24) is 5.32 Å². The van der Waals surface area contributed by atoms with Crippen molar-refractivity contribution in [3.05, 3.63) is 22.4 Å². The number of dihydropyridines is 1. The fourth-order valence-corrected chi connectivity index (χ4v) is 1.44. The van der Waals surface area contributed by atoms with E-state index in [1.165, 1.54) is 0 Å². The SMILES string of the molecule is CCC1C=C(C)C(Cl)=C(C(=O)O)N1. The number of rotatable bonds is 2. The number of carboxylic acid groups (broad SMARTS) is 1. The van der Waals surface area contributed by atoms with E-state index in [1.807, 2.05) is 19.9 Å². The van der Waals surface area contributed by atoms with Gasteiger partial charge in [0.1, 0.15) is 5.70 Å². The first-order chi connectivity index (χ1) is 6.06. The summed E-state index contributed by atoms with van der Waals surface area (Å²) in [7, 11) is 0. The van der Waals surface area contributed by atoms with Gasteiger partial charge in [-0.3, -0.25) is 0 Å². The monoisotopic (exact) mass is 201 g/mol. The van der Waals surface area contributed by atoms with Crippen molar-refractivity contribution in [2.24, 2.45) is 0 Å². The molecule has 0 aromatic heterocycles. The summed E-state index contributed by atoms with van der Waals surface area (Å²) in [6.07, 6.45) is 2.78. The Morgan fingerprint density at radius 3 is 2.85 bits per heavy atom. The summed E-state index contributed by atoms with van der Waals surface area (Å²) in [6, 6.07) is 0.0774. The second-order valence-corrected chi connectivity index (χ2v) is 3.38. The first-order valence-corrected chi connectivity index (χ1v) is 4.52. The van der Waals surface area contributed by atoms with Crippen molar-refractivity contribution in [1.29, 1.82) is 0 Å². The van der Waals surface area contributed by atoms with Crippen LogP contribution in [-0.2, 0) is 4.79 Å². The number of allylic oxidation sites excluding steroid dienone is 2. The molecule has 0 saturated carbocycles. The van der Waals surface area contributed by atoms with E-state index in [1.54, 1.807) is 0 Å². The maximum absolute atomic E-state index is 10.7. The number of hydrogen-bond acceptors (Lipinski definition) is 2. The predicted octanol–water partition coefficient (Wildman–Crippen LogP) is 1.85. The van der Waals surface area contributed by atoms with Crippen LogP contribution in [0.2, 0.25) is 0 Å². The summed E-state index contributed by atoms with van der Waals surface area (Å²) in [5.74, 6) is -1.00. The highest BCUT2D eigenvalue weighted by Gasteiger charge is 2.21. The summed E-state index contributed by atoms with van der Waals surface area (Å²) >= 11 is 5.82. The van der Waals surface area contributed by atoms with E-state index in [2.05, 4.69) is 5.32 Å². The molecule has 0 spiro atoms. The van der Waals surface area contributed by atoms with Crippen LogP contribution in [0.1, 0.15) is 20.3 Å². The summed E-state index contributed by atoms with van der Waals surface area (Å²) < 4.78 is 0. The van der Waals surface area contributed by atoms with Crippen molar-refractivity contribution < 1.29 is 9.90 Å². The van der Waals surface area contributed by atoms with Crippen LogP contribution in [0.3, 0.4) is 0 Å². The zero-order valence-corrected chi connectivity index (χ0v) is 8.35. The van der Waals surface area contributed by atoms with Crippen molar-refractivity contribution in [3.8, 4) is 0 Å². The van der Waals surface area contributed by atoms with E-state index >= 15 is 0 Å². The van der Waals surface area contributed by atoms with Crippen molar-refractivity contribution in [2.45, 2.75) is 26.3 Å². The van der Waals surface area contributed by atoms with Gasteiger partial charge in [0.2, 0.25) is 0 Å². The zero-order valence-electron chi connectivity index (χ0n) is 7.60. The lowest BCUT2D eigenvalue weighted by Crippen LogP contribution is -2.33. The highest BCUT2D eigenvalue weighted by molar-refractivity contribution is 6.34. The van der Waals surface area contributed by atoms with Crippen molar-refractivity contribution in [3.63, 3.8) is 0 Å². The number of hydrogen-bond donors (Lipinski definition) is 2. The number of carbonyl (C=O) groups is 1. The molecule has 1 rings (SSSR count). The average molecular weight is 202 g/mol. The quantitative estimate of drug-likeness (QED) is 0.717. The van der Waals surface area contributed by atoms with Gasteiger partial charge in [-0.1, -0.05) is 24.6 Å². The minimum atomic E-state index is -1.00. The van der Waals surface area contributed by atoms with Gasteiger partial charge < -0.3 is 10.4 Å². The summed E-state index contributed by atoms with van der Waals surface area (Å²) in [6.45, 7) is 3.80. The third-order valence-corrected chi connectivity index (χ3v) is 2.49. The van der Waals surface area contributed by atoms with E-state index in [4.69, 9.17) is 16.7 Å². The van der Waals surface area contributed by atoms with Crippen LogP contribution in [0.15, 0.2) is 22.4 Å². The van der Waals surface area contributed by atoms with Crippen LogP contribution in [0.25, 0.3) is 0 Å². The van der Waals surface area contributed by atoms with E-state index in [9.17, 15) is 4.79 Å². The van der Waals surface area contributed by atoms with E-state index in [-0.39, 0.29) is 11.7 Å². The highest BCUT2D eigenvalue weighted by Crippen LogP contribution is 2.23. The van der Waals surface area contributed by atoms with Gasteiger partial charge >= 0.3 is 5.97 Å². The molecule has 0 bridgehead atoms. The lowest BCUT2D eigenvalue weighted by Gasteiger charge is -2.22. The first kappa shape index (κ1) is 10.1. The van der Waals surface area contributed by atoms with Crippen LogP contribution in [0.5, 0.6) is 0 Å². The minimum absolute atomic E-state index is 0.0774. The molecule has 1 heterocycles. The van der Waals surface area contributed by atoms with E-state index in [0.717, 1.165) is 12.0 Å². The Labute approximate surface area is 82.1 Å². The largest absolute Gasteiger partial charge is 0.477 e. The van der Waals surface area contributed by atoms with Gasteiger partial charge in [0, 0.05) is 6.04 Å². The van der Waals surface area contributed by atoms with Gasteiger partial charge in [0.15, 0.2) is 0 Å². The molecule has 0 aromatic carbocycles. The normalized spacial score (nSPS) is 22.4. The Bertz CT molecular complexity index is 294. The molecule has 0 saturated heterocycles.